The quantitative estimate of drug-likeness (QED) is 0.575. The maximum Gasteiger partial charge on any atom is 0.155 e. The van der Waals surface area contributed by atoms with Gasteiger partial charge in [-0.05, 0) is 25.1 Å². The minimum absolute atomic E-state index is 0.161. The van der Waals surface area contributed by atoms with Gasteiger partial charge in [-0.1, -0.05) is 18.2 Å². The van der Waals surface area contributed by atoms with Crippen molar-refractivity contribution in [2.45, 2.75) is 18.4 Å². The van der Waals surface area contributed by atoms with Gasteiger partial charge in [0.1, 0.15) is 11.5 Å². The van der Waals surface area contributed by atoms with Crippen LogP contribution in [0.15, 0.2) is 47.4 Å². The Balaban J connectivity index is 2.07. The van der Waals surface area contributed by atoms with Crippen LogP contribution < -0.4 is 0 Å². The predicted molar refractivity (Wildman–Crippen MR) is 104 cm³/mol. The Morgan fingerprint density at radius 3 is 2.21 bits per heavy atom. The van der Waals surface area contributed by atoms with Crippen molar-refractivity contribution in [2.24, 2.45) is 0 Å². The Morgan fingerprint density at radius 2 is 1.54 bits per heavy atom. The van der Waals surface area contributed by atoms with Gasteiger partial charge in [-0.25, -0.2) is 0 Å². The summed E-state index contributed by atoms with van der Waals surface area (Å²) in [6.07, 6.45) is 0. The number of ether oxygens (including phenoxy) is 2. The molecule has 0 aliphatic carbocycles. The topological polar surface area (TPSA) is 23.4 Å². The molecule has 0 saturated carbocycles. The number of aryl methyl sites for hydroxylation is 1. The van der Waals surface area contributed by atoms with Gasteiger partial charge in [-0.2, -0.15) is 0 Å². The highest BCUT2D eigenvalue weighted by molar-refractivity contribution is 7.97. The summed E-state index contributed by atoms with van der Waals surface area (Å²) in [5.41, 5.74) is 2.64. The SMILES string of the molecule is CCn1c2ccccc2c2cc([S+](CCOC)CCOC)ccc21. The molecule has 0 spiro atoms. The van der Waals surface area contributed by atoms with Crippen molar-refractivity contribution >= 4 is 32.7 Å². The molecule has 0 amide bonds. The first kappa shape index (κ1) is 17.3. The largest absolute Gasteiger partial charge is 0.380 e. The fourth-order valence-corrected chi connectivity index (χ4v) is 5.21. The first-order valence-corrected chi connectivity index (χ1v) is 10.0. The van der Waals surface area contributed by atoms with Crippen molar-refractivity contribution in [3.63, 3.8) is 0 Å². The fourth-order valence-electron chi connectivity index (χ4n) is 3.26. The summed E-state index contributed by atoms with van der Waals surface area (Å²) < 4.78 is 13.0. The standard InChI is InChI=1S/C20H26NO2S/c1-4-21-19-8-6-5-7-17(19)18-15-16(9-10-20(18)21)24(13-11-22-2)14-12-23-3/h5-10,15H,4,11-14H2,1-3H3/q+1. The normalized spacial score (nSPS) is 11.8. The second-order valence-electron chi connectivity index (χ2n) is 5.83. The van der Waals surface area contributed by atoms with E-state index in [9.17, 15) is 0 Å². The van der Waals surface area contributed by atoms with Crippen LogP contribution in [-0.4, -0.2) is 43.5 Å². The highest BCUT2D eigenvalue weighted by Gasteiger charge is 2.23. The molecule has 0 N–H and O–H groups in total. The van der Waals surface area contributed by atoms with Gasteiger partial charge in [-0.15, -0.1) is 0 Å². The highest BCUT2D eigenvalue weighted by atomic mass is 32.2. The number of fused-ring (bicyclic) bond motifs is 3. The van der Waals surface area contributed by atoms with Crippen molar-refractivity contribution in [2.75, 3.05) is 38.9 Å². The molecule has 0 bridgehead atoms. The van der Waals surface area contributed by atoms with Crippen LogP contribution in [0.4, 0.5) is 0 Å². The zero-order valence-corrected chi connectivity index (χ0v) is 15.6. The molecule has 0 aliphatic heterocycles. The van der Waals surface area contributed by atoms with Crippen LogP contribution in [0.1, 0.15) is 6.92 Å². The van der Waals surface area contributed by atoms with E-state index < -0.39 is 0 Å². The van der Waals surface area contributed by atoms with Gasteiger partial charge >= 0.3 is 0 Å². The van der Waals surface area contributed by atoms with Crippen LogP contribution in [0.5, 0.6) is 0 Å². The van der Waals surface area contributed by atoms with E-state index >= 15 is 0 Å². The summed E-state index contributed by atoms with van der Waals surface area (Å²) in [6.45, 7) is 4.78. The number of nitrogens with zero attached hydrogens (tertiary/aromatic N) is 1. The molecule has 3 rings (SSSR count). The maximum atomic E-state index is 5.32. The molecule has 1 aromatic heterocycles. The van der Waals surface area contributed by atoms with E-state index in [0.717, 1.165) is 31.3 Å². The molecule has 24 heavy (non-hydrogen) atoms. The van der Waals surface area contributed by atoms with Gasteiger partial charge < -0.3 is 14.0 Å². The summed E-state index contributed by atoms with van der Waals surface area (Å²) >= 11 is 0. The van der Waals surface area contributed by atoms with Gasteiger partial charge in [0, 0.05) is 59.5 Å². The smallest absolute Gasteiger partial charge is 0.155 e. The molecule has 4 heteroatoms. The number of aromatic nitrogens is 1. The molecule has 0 atom stereocenters. The van der Waals surface area contributed by atoms with Gasteiger partial charge in [0.25, 0.3) is 0 Å². The number of methoxy groups -OCH3 is 2. The van der Waals surface area contributed by atoms with Gasteiger partial charge in [-0.3, -0.25) is 0 Å². The Labute approximate surface area is 146 Å². The van der Waals surface area contributed by atoms with Crippen molar-refractivity contribution in [1.82, 2.24) is 4.57 Å². The number of hydrogen-bond acceptors (Lipinski definition) is 2. The first-order valence-electron chi connectivity index (χ1n) is 8.46. The molecule has 128 valence electrons. The minimum Gasteiger partial charge on any atom is -0.380 e. The average molecular weight is 345 g/mol. The molecule has 0 fully saturated rings. The van der Waals surface area contributed by atoms with E-state index in [1.165, 1.54) is 26.7 Å². The monoisotopic (exact) mass is 344 g/mol. The third kappa shape index (κ3) is 3.32. The predicted octanol–water partition coefficient (Wildman–Crippen LogP) is 4.08. The molecular formula is C20H26NO2S+. The summed E-state index contributed by atoms with van der Waals surface area (Å²) in [7, 11) is 3.71. The Morgan fingerprint density at radius 1 is 0.875 bits per heavy atom. The van der Waals surface area contributed by atoms with Crippen molar-refractivity contribution in [1.29, 1.82) is 0 Å². The van der Waals surface area contributed by atoms with Crippen LogP contribution in [0.25, 0.3) is 21.8 Å². The number of benzene rings is 2. The molecule has 1 heterocycles. The average Bonchev–Trinajstić information content (AvgIpc) is 2.95. The summed E-state index contributed by atoms with van der Waals surface area (Å²) in [5, 5.41) is 2.70. The molecule has 2 aromatic carbocycles. The maximum absolute atomic E-state index is 5.32. The van der Waals surface area contributed by atoms with E-state index in [4.69, 9.17) is 9.47 Å². The molecule has 0 saturated heterocycles. The van der Waals surface area contributed by atoms with E-state index in [1.807, 2.05) is 0 Å². The van der Waals surface area contributed by atoms with Crippen molar-refractivity contribution in [3.05, 3.63) is 42.5 Å². The third-order valence-corrected chi connectivity index (χ3v) is 6.70. The van der Waals surface area contributed by atoms with Crippen LogP contribution in [0.2, 0.25) is 0 Å². The van der Waals surface area contributed by atoms with E-state index in [0.29, 0.717) is 0 Å². The Bertz CT molecular complexity index is 804. The van der Waals surface area contributed by atoms with E-state index in [2.05, 4.69) is 54.0 Å². The highest BCUT2D eigenvalue weighted by Crippen LogP contribution is 2.31. The van der Waals surface area contributed by atoms with Crippen LogP contribution >= 0.6 is 0 Å². The fraction of sp³-hybridized carbons (Fsp3) is 0.400. The lowest BCUT2D eigenvalue weighted by Crippen LogP contribution is -2.19. The number of para-hydroxylation sites is 1. The Hall–Kier alpha value is -1.49. The van der Waals surface area contributed by atoms with Crippen LogP contribution in [-0.2, 0) is 26.9 Å². The first-order chi connectivity index (χ1) is 11.8. The molecule has 0 aliphatic rings. The van der Waals surface area contributed by atoms with Crippen molar-refractivity contribution in [3.8, 4) is 0 Å². The lowest BCUT2D eigenvalue weighted by atomic mass is 10.1. The lowest BCUT2D eigenvalue weighted by Gasteiger charge is -2.09. The summed E-state index contributed by atoms with van der Waals surface area (Å²) in [5.74, 6) is 2.11. The van der Waals surface area contributed by atoms with E-state index in [1.54, 1.807) is 14.2 Å². The van der Waals surface area contributed by atoms with Gasteiger partial charge in [0.05, 0.1) is 13.2 Å². The number of hydrogen-bond donors (Lipinski definition) is 0. The molecule has 3 aromatic rings. The molecule has 0 radical (unpaired) electrons. The second kappa shape index (κ2) is 8.06. The van der Waals surface area contributed by atoms with Gasteiger partial charge in [0.15, 0.2) is 4.90 Å². The molecule has 0 unspecified atom stereocenters. The zero-order valence-electron chi connectivity index (χ0n) is 14.7. The zero-order chi connectivity index (χ0) is 16.9. The van der Waals surface area contributed by atoms with Crippen LogP contribution in [0, 0.1) is 0 Å². The Kier molecular flexibility index (Phi) is 5.82. The van der Waals surface area contributed by atoms with E-state index in [-0.39, 0.29) is 10.9 Å². The van der Waals surface area contributed by atoms with Crippen LogP contribution in [0.3, 0.4) is 0 Å². The van der Waals surface area contributed by atoms with Gasteiger partial charge in [0.2, 0.25) is 0 Å². The summed E-state index contributed by atoms with van der Waals surface area (Å²) in [4.78, 5) is 1.41. The van der Waals surface area contributed by atoms with Crippen molar-refractivity contribution < 1.29 is 9.47 Å². The lowest BCUT2D eigenvalue weighted by molar-refractivity contribution is 0.214. The second-order valence-corrected chi connectivity index (χ2v) is 8.10. The molecular weight excluding hydrogens is 318 g/mol. The summed E-state index contributed by atoms with van der Waals surface area (Å²) in [6, 6.07) is 15.7. The number of rotatable bonds is 8. The third-order valence-electron chi connectivity index (χ3n) is 4.46. The molecule has 3 nitrogen and oxygen atoms in total. The minimum atomic E-state index is 0.161.